The fourth-order valence-electron chi connectivity index (χ4n) is 1.97. The van der Waals surface area contributed by atoms with Gasteiger partial charge in [0.05, 0.1) is 6.61 Å². The maximum Gasteiger partial charge on any atom is 0.243 e. The maximum absolute atomic E-state index is 11.7. The smallest absolute Gasteiger partial charge is 0.243 e. The molecule has 0 aliphatic heterocycles. The molecule has 0 heterocycles. The number of halogens is 1. The monoisotopic (exact) mass is 395 g/mol. The minimum absolute atomic E-state index is 0.0726. The van der Waals surface area contributed by atoms with E-state index in [1.807, 2.05) is 36.4 Å². The number of carbonyl (C=O) groups excluding carboxylic acids is 1. The van der Waals surface area contributed by atoms with Gasteiger partial charge in [-0.1, -0.05) is 42.5 Å². The van der Waals surface area contributed by atoms with Gasteiger partial charge in [-0.2, -0.15) is 0 Å². The third-order valence-electron chi connectivity index (χ3n) is 3.03. The molecule has 0 saturated heterocycles. The molecular formula is C17H18INO2. The van der Waals surface area contributed by atoms with E-state index in [1.165, 1.54) is 9.13 Å². The van der Waals surface area contributed by atoms with Crippen LogP contribution in [-0.4, -0.2) is 5.91 Å². The number of benzene rings is 2. The summed E-state index contributed by atoms with van der Waals surface area (Å²) in [5.41, 5.74) is 4.79. The van der Waals surface area contributed by atoms with Gasteiger partial charge in [0, 0.05) is 9.99 Å². The SMILES string of the molecule is O=C(CCCc1cccc(I)c1)NOCc1ccccc1. The first-order chi connectivity index (χ1) is 10.2. The average molecular weight is 395 g/mol. The van der Waals surface area contributed by atoms with Crippen molar-refractivity contribution in [1.82, 2.24) is 5.48 Å². The molecule has 0 atom stereocenters. The third-order valence-corrected chi connectivity index (χ3v) is 3.70. The van der Waals surface area contributed by atoms with Crippen molar-refractivity contribution in [3.05, 3.63) is 69.3 Å². The van der Waals surface area contributed by atoms with Crippen molar-refractivity contribution in [2.45, 2.75) is 25.9 Å². The number of hydrogen-bond acceptors (Lipinski definition) is 2. The lowest BCUT2D eigenvalue weighted by molar-refractivity contribution is -0.134. The van der Waals surface area contributed by atoms with Crippen LogP contribution in [0.15, 0.2) is 54.6 Å². The molecular weight excluding hydrogens is 377 g/mol. The molecule has 2 aromatic carbocycles. The standard InChI is InChI=1S/C17H18INO2/c18-16-10-4-8-14(12-16)9-5-11-17(20)19-21-13-15-6-2-1-3-7-15/h1-4,6-8,10,12H,5,9,11,13H2,(H,19,20). The second-order valence-electron chi connectivity index (χ2n) is 4.78. The molecule has 0 aliphatic carbocycles. The zero-order chi connectivity index (χ0) is 14.9. The predicted molar refractivity (Wildman–Crippen MR) is 91.5 cm³/mol. The maximum atomic E-state index is 11.7. The van der Waals surface area contributed by atoms with Gasteiger partial charge in [0.1, 0.15) is 0 Å². The van der Waals surface area contributed by atoms with E-state index in [9.17, 15) is 4.79 Å². The van der Waals surface area contributed by atoms with Crippen molar-refractivity contribution in [2.75, 3.05) is 0 Å². The van der Waals surface area contributed by atoms with Crippen molar-refractivity contribution < 1.29 is 9.63 Å². The molecule has 0 spiro atoms. The molecule has 110 valence electrons. The second-order valence-corrected chi connectivity index (χ2v) is 6.03. The molecule has 0 unspecified atom stereocenters. The molecule has 0 bridgehead atoms. The van der Waals surface area contributed by atoms with Crippen molar-refractivity contribution in [3.63, 3.8) is 0 Å². The van der Waals surface area contributed by atoms with Gasteiger partial charge < -0.3 is 0 Å². The molecule has 4 heteroatoms. The number of amides is 1. The van der Waals surface area contributed by atoms with Gasteiger partial charge >= 0.3 is 0 Å². The summed E-state index contributed by atoms with van der Waals surface area (Å²) in [7, 11) is 0. The summed E-state index contributed by atoms with van der Waals surface area (Å²) in [6.45, 7) is 0.392. The fraction of sp³-hybridized carbons (Fsp3) is 0.235. The Labute approximate surface area is 138 Å². The highest BCUT2D eigenvalue weighted by molar-refractivity contribution is 14.1. The number of hydrogen-bond donors (Lipinski definition) is 1. The Bertz CT molecular complexity index is 572. The van der Waals surface area contributed by atoms with E-state index in [1.54, 1.807) is 0 Å². The lowest BCUT2D eigenvalue weighted by Gasteiger charge is -2.06. The molecule has 0 fully saturated rings. The molecule has 2 rings (SSSR count). The van der Waals surface area contributed by atoms with Crippen LogP contribution in [0.3, 0.4) is 0 Å². The van der Waals surface area contributed by atoms with Crippen LogP contribution in [-0.2, 0) is 22.7 Å². The minimum Gasteiger partial charge on any atom is -0.273 e. The number of rotatable bonds is 7. The first kappa shape index (κ1) is 16.0. The van der Waals surface area contributed by atoms with E-state index in [4.69, 9.17) is 4.84 Å². The first-order valence-electron chi connectivity index (χ1n) is 6.93. The zero-order valence-electron chi connectivity index (χ0n) is 11.7. The van der Waals surface area contributed by atoms with E-state index in [0.717, 1.165) is 18.4 Å². The van der Waals surface area contributed by atoms with E-state index in [2.05, 4.69) is 46.3 Å². The predicted octanol–water partition coefficient (Wildman–Crippen LogP) is 3.86. The molecule has 1 N–H and O–H groups in total. The van der Waals surface area contributed by atoms with E-state index in [0.29, 0.717) is 13.0 Å². The van der Waals surface area contributed by atoms with Crippen LogP contribution >= 0.6 is 22.6 Å². The summed E-state index contributed by atoms with van der Waals surface area (Å²) in [6, 6.07) is 18.1. The van der Waals surface area contributed by atoms with Gasteiger partial charge in [-0.25, -0.2) is 5.48 Å². The third kappa shape index (κ3) is 6.27. The number of hydroxylamine groups is 1. The normalized spacial score (nSPS) is 10.3. The summed E-state index contributed by atoms with van der Waals surface area (Å²) in [4.78, 5) is 16.9. The number of nitrogens with one attached hydrogen (secondary N) is 1. The fourth-order valence-corrected chi connectivity index (χ4v) is 2.58. The van der Waals surface area contributed by atoms with E-state index < -0.39 is 0 Å². The van der Waals surface area contributed by atoms with Crippen molar-refractivity contribution in [3.8, 4) is 0 Å². The number of aryl methyl sites for hydroxylation is 1. The minimum atomic E-state index is -0.0726. The Morgan fingerprint density at radius 3 is 2.57 bits per heavy atom. The topological polar surface area (TPSA) is 38.3 Å². The van der Waals surface area contributed by atoms with Crippen LogP contribution in [0.5, 0.6) is 0 Å². The van der Waals surface area contributed by atoms with Gasteiger partial charge in [0.2, 0.25) is 5.91 Å². The van der Waals surface area contributed by atoms with Gasteiger partial charge in [-0.05, 0) is 58.7 Å². The van der Waals surface area contributed by atoms with Gasteiger partial charge in [-0.3, -0.25) is 9.63 Å². The second kappa shape index (κ2) is 8.79. The largest absolute Gasteiger partial charge is 0.273 e. The Hall–Kier alpha value is -1.40. The van der Waals surface area contributed by atoms with Crippen LogP contribution < -0.4 is 5.48 Å². The summed E-state index contributed by atoms with van der Waals surface area (Å²) in [6.07, 6.45) is 2.20. The summed E-state index contributed by atoms with van der Waals surface area (Å²) in [5.74, 6) is -0.0726. The summed E-state index contributed by atoms with van der Waals surface area (Å²) in [5, 5.41) is 0. The van der Waals surface area contributed by atoms with Crippen LogP contribution in [0, 0.1) is 3.57 Å². The van der Waals surface area contributed by atoms with Crippen molar-refractivity contribution >= 4 is 28.5 Å². The molecule has 0 aromatic heterocycles. The van der Waals surface area contributed by atoms with Crippen molar-refractivity contribution in [2.24, 2.45) is 0 Å². The van der Waals surface area contributed by atoms with Crippen LogP contribution in [0.4, 0.5) is 0 Å². The molecule has 21 heavy (non-hydrogen) atoms. The van der Waals surface area contributed by atoms with Crippen LogP contribution in [0.2, 0.25) is 0 Å². The lowest BCUT2D eigenvalue weighted by Crippen LogP contribution is -2.23. The highest BCUT2D eigenvalue weighted by atomic mass is 127. The summed E-state index contributed by atoms with van der Waals surface area (Å²) >= 11 is 2.30. The summed E-state index contributed by atoms with van der Waals surface area (Å²) < 4.78 is 1.22. The lowest BCUT2D eigenvalue weighted by atomic mass is 10.1. The Balaban J connectivity index is 1.61. The first-order valence-corrected chi connectivity index (χ1v) is 8.01. The molecule has 0 saturated carbocycles. The molecule has 0 aliphatic rings. The highest BCUT2D eigenvalue weighted by Gasteiger charge is 2.02. The van der Waals surface area contributed by atoms with Crippen molar-refractivity contribution in [1.29, 1.82) is 0 Å². The molecule has 2 aromatic rings. The zero-order valence-corrected chi connectivity index (χ0v) is 13.9. The van der Waals surface area contributed by atoms with Crippen LogP contribution in [0.1, 0.15) is 24.0 Å². The van der Waals surface area contributed by atoms with E-state index in [-0.39, 0.29) is 5.91 Å². The Morgan fingerprint density at radius 1 is 1.05 bits per heavy atom. The van der Waals surface area contributed by atoms with Gasteiger partial charge in [0.15, 0.2) is 0 Å². The van der Waals surface area contributed by atoms with Gasteiger partial charge in [-0.15, -0.1) is 0 Å². The molecule has 1 amide bonds. The molecule has 0 radical (unpaired) electrons. The van der Waals surface area contributed by atoms with E-state index >= 15 is 0 Å². The van der Waals surface area contributed by atoms with Crippen LogP contribution in [0.25, 0.3) is 0 Å². The Kier molecular flexibility index (Phi) is 6.69. The average Bonchev–Trinajstić information content (AvgIpc) is 2.48. The quantitative estimate of drug-likeness (QED) is 0.571. The van der Waals surface area contributed by atoms with Gasteiger partial charge in [0.25, 0.3) is 0 Å². The number of carbonyl (C=O) groups is 1. The molecule has 3 nitrogen and oxygen atoms in total. The highest BCUT2D eigenvalue weighted by Crippen LogP contribution is 2.10. The Morgan fingerprint density at radius 2 is 1.81 bits per heavy atom.